The van der Waals surface area contributed by atoms with Crippen molar-refractivity contribution >= 4 is 29.4 Å². The number of amides is 3. The van der Waals surface area contributed by atoms with Crippen LogP contribution in [0.3, 0.4) is 0 Å². The lowest BCUT2D eigenvalue weighted by Gasteiger charge is -2.39. The minimum Gasteiger partial charge on any atom is -0.427 e. The monoisotopic (exact) mass is 422 g/mol. The number of rotatable bonds is 5. The van der Waals surface area contributed by atoms with Crippen LogP contribution in [0, 0.1) is 0 Å². The summed E-state index contributed by atoms with van der Waals surface area (Å²) in [5, 5.41) is 0. The summed E-state index contributed by atoms with van der Waals surface area (Å²) in [7, 11) is 0. The zero-order valence-electron chi connectivity index (χ0n) is 18.1. The molecule has 0 aromatic heterocycles. The molecule has 7 nitrogen and oxygen atoms in total. The molecule has 1 atom stereocenters. The molecule has 1 aliphatic heterocycles. The third kappa shape index (κ3) is 4.99. The van der Waals surface area contributed by atoms with Gasteiger partial charge in [0.1, 0.15) is 11.8 Å². The Morgan fingerprint density at radius 1 is 1.03 bits per heavy atom. The van der Waals surface area contributed by atoms with Gasteiger partial charge >= 0.3 is 5.97 Å². The minimum atomic E-state index is -0.878. The number of benzene rings is 2. The van der Waals surface area contributed by atoms with Gasteiger partial charge in [0.25, 0.3) is 5.91 Å². The van der Waals surface area contributed by atoms with Crippen LogP contribution in [-0.2, 0) is 25.6 Å². The normalized spacial score (nSPS) is 16.4. The predicted molar refractivity (Wildman–Crippen MR) is 115 cm³/mol. The van der Waals surface area contributed by atoms with Crippen molar-refractivity contribution in [3.8, 4) is 5.75 Å². The van der Waals surface area contributed by atoms with Crippen molar-refractivity contribution in [1.82, 2.24) is 4.90 Å². The zero-order valence-corrected chi connectivity index (χ0v) is 18.1. The third-order valence-electron chi connectivity index (χ3n) is 4.98. The number of hydrogen-bond acceptors (Lipinski definition) is 5. The van der Waals surface area contributed by atoms with E-state index >= 15 is 0 Å². The van der Waals surface area contributed by atoms with Gasteiger partial charge in [0.15, 0.2) is 0 Å². The van der Waals surface area contributed by atoms with Crippen LogP contribution < -0.4 is 9.64 Å². The van der Waals surface area contributed by atoms with Crippen molar-refractivity contribution in [3.63, 3.8) is 0 Å². The van der Waals surface area contributed by atoms with E-state index in [1.54, 1.807) is 12.1 Å². The lowest BCUT2D eigenvalue weighted by molar-refractivity contribution is -0.143. The second-order valence-corrected chi connectivity index (χ2v) is 8.47. The Morgan fingerprint density at radius 2 is 1.65 bits per heavy atom. The molecule has 1 saturated heterocycles. The molecule has 3 rings (SSSR count). The summed E-state index contributed by atoms with van der Waals surface area (Å²) in [4.78, 5) is 52.9. The van der Waals surface area contributed by atoms with Gasteiger partial charge in [-0.3, -0.25) is 19.2 Å². The van der Waals surface area contributed by atoms with E-state index in [0.29, 0.717) is 11.4 Å². The SMILES string of the molecule is CC(=O)Oc1ccc(N2C(=O)CC(N(C(=O)Cc3ccccc3)C(C)(C)C)C2=O)cc1. The molecule has 3 amide bonds. The van der Waals surface area contributed by atoms with E-state index in [1.807, 2.05) is 51.1 Å². The molecule has 2 aromatic carbocycles. The van der Waals surface area contributed by atoms with Crippen molar-refractivity contribution in [3.05, 3.63) is 60.2 Å². The van der Waals surface area contributed by atoms with Gasteiger partial charge in [-0.15, -0.1) is 0 Å². The summed E-state index contributed by atoms with van der Waals surface area (Å²) < 4.78 is 5.00. The number of esters is 1. The molecule has 0 spiro atoms. The highest BCUT2D eigenvalue weighted by molar-refractivity contribution is 6.23. The number of nitrogens with zero attached hydrogens (tertiary/aromatic N) is 2. The second-order valence-electron chi connectivity index (χ2n) is 8.47. The summed E-state index contributed by atoms with van der Waals surface area (Å²) >= 11 is 0. The number of hydrogen-bond donors (Lipinski definition) is 0. The summed E-state index contributed by atoms with van der Waals surface area (Å²) in [6, 6.07) is 14.6. The topological polar surface area (TPSA) is 84.0 Å². The average molecular weight is 422 g/mol. The van der Waals surface area contributed by atoms with E-state index in [-0.39, 0.29) is 24.7 Å². The molecular weight excluding hydrogens is 396 g/mol. The van der Waals surface area contributed by atoms with Crippen LogP contribution >= 0.6 is 0 Å². The number of carbonyl (C=O) groups is 4. The molecular formula is C24H26N2O5. The molecule has 0 saturated carbocycles. The molecule has 2 aromatic rings. The van der Waals surface area contributed by atoms with Gasteiger partial charge in [0.2, 0.25) is 11.8 Å². The standard InChI is InChI=1S/C24H26N2O5/c1-16(27)31-19-12-10-18(11-13-19)25-21(28)15-20(23(25)30)26(24(2,3)4)22(29)14-17-8-6-5-7-9-17/h5-13,20H,14-15H2,1-4H3. The Morgan fingerprint density at radius 3 is 2.19 bits per heavy atom. The quantitative estimate of drug-likeness (QED) is 0.420. The first kappa shape index (κ1) is 22.2. The highest BCUT2D eigenvalue weighted by atomic mass is 16.5. The summed E-state index contributed by atoms with van der Waals surface area (Å²) in [5.41, 5.74) is 0.566. The van der Waals surface area contributed by atoms with Gasteiger partial charge < -0.3 is 9.64 Å². The number of carbonyl (C=O) groups excluding carboxylic acids is 4. The smallest absolute Gasteiger partial charge is 0.308 e. The average Bonchev–Trinajstić information content (AvgIpc) is 2.95. The Bertz CT molecular complexity index is 993. The zero-order chi connectivity index (χ0) is 22.8. The molecule has 0 radical (unpaired) electrons. The fraction of sp³-hybridized carbons (Fsp3) is 0.333. The van der Waals surface area contributed by atoms with Gasteiger partial charge in [-0.2, -0.15) is 0 Å². The van der Waals surface area contributed by atoms with E-state index in [0.717, 1.165) is 10.5 Å². The van der Waals surface area contributed by atoms with Gasteiger partial charge in [-0.05, 0) is 50.6 Å². The van der Waals surface area contributed by atoms with E-state index in [2.05, 4.69) is 0 Å². The maximum atomic E-state index is 13.2. The highest BCUT2D eigenvalue weighted by Crippen LogP contribution is 2.31. The second kappa shape index (κ2) is 8.71. The van der Waals surface area contributed by atoms with E-state index in [9.17, 15) is 19.2 Å². The third-order valence-corrected chi connectivity index (χ3v) is 4.98. The van der Waals surface area contributed by atoms with E-state index < -0.39 is 23.5 Å². The first-order chi connectivity index (χ1) is 14.6. The van der Waals surface area contributed by atoms with Crippen LogP contribution in [0.4, 0.5) is 5.69 Å². The van der Waals surface area contributed by atoms with Crippen molar-refractivity contribution < 1.29 is 23.9 Å². The fourth-order valence-corrected chi connectivity index (χ4v) is 3.79. The highest BCUT2D eigenvalue weighted by Gasteiger charge is 2.47. The van der Waals surface area contributed by atoms with Crippen LogP contribution in [0.5, 0.6) is 5.75 Å². The Hall–Kier alpha value is -3.48. The predicted octanol–water partition coefficient (Wildman–Crippen LogP) is 3.11. The van der Waals surface area contributed by atoms with Crippen LogP contribution in [-0.4, -0.2) is 40.2 Å². The van der Waals surface area contributed by atoms with Crippen molar-refractivity contribution in [1.29, 1.82) is 0 Å². The van der Waals surface area contributed by atoms with E-state index in [4.69, 9.17) is 4.74 Å². The van der Waals surface area contributed by atoms with Crippen LogP contribution in [0.15, 0.2) is 54.6 Å². The number of ether oxygens (including phenoxy) is 1. The molecule has 1 unspecified atom stereocenters. The van der Waals surface area contributed by atoms with Gasteiger partial charge in [-0.1, -0.05) is 30.3 Å². The van der Waals surface area contributed by atoms with Gasteiger partial charge in [0.05, 0.1) is 18.5 Å². The largest absolute Gasteiger partial charge is 0.427 e. The Balaban J connectivity index is 1.85. The molecule has 31 heavy (non-hydrogen) atoms. The summed E-state index contributed by atoms with van der Waals surface area (Å²) in [6.45, 7) is 6.85. The molecule has 1 aliphatic rings. The van der Waals surface area contributed by atoms with Crippen molar-refractivity contribution in [2.45, 2.75) is 52.1 Å². The molecule has 162 valence electrons. The van der Waals surface area contributed by atoms with Crippen LogP contribution in [0.1, 0.15) is 39.7 Å². The lowest BCUT2D eigenvalue weighted by atomic mass is 9.99. The molecule has 1 fully saturated rings. The maximum Gasteiger partial charge on any atom is 0.308 e. The Kier molecular flexibility index (Phi) is 6.24. The molecule has 0 N–H and O–H groups in total. The summed E-state index contributed by atoms with van der Waals surface area (Å²) in [5.74, 6) is -1.17. The van der Waals surface area contributed by atoms with Crippen LogP contribution in [0.25, 0.3) is 0 Å². The molecule has 0 bridgehead atoms. The lowest BCUT2D eigenvalue weighted by Crippen LogP contribution is -2.55. The fourth-order valence-electron chi connectivity index (χ4n) is 3.79. The first-order valence-corrected chi connectivity index (χ1v) is 10.1. The first-order valence-electron chi connectivity index (χ1n) is 10.1. The van der Waals surface area contributed by atoms with Gasteiger partial charge in [0, 0.05) is 12.5 Å². The van der Waals surface area contributed by atoms with Crippen molar-refractivity contribution in [2.24, 2.45) is 0 Å². The number of imide groups is 1. The molecule has 1 heterocycles. The minimum absolute atomic E-state index is 0.0810. The summed E-state index contributed by atoms with van der Waals surface area (Å²) in [6.07, 6.45) is 0.0650. The molecule has 0 aliphatic carbocycles. The van der Waals surface area contributed by atoms with E-state index in [1.165, 1.54) is 24.0 Å². The van der Waals surface area contributed by atoms with Gasteiger partial charge in [-0.25, -0.2) is 4.90 Å². The number of anilines is 1. The van der Waals surface area contributed by atoms with Crippen LogP contribution in [0.2, 0.25) is 0 Å². The molecule has 7 heteroatoms. The maximum absolute atomic E-state index is 13.2. The van der Waals surface area contributed by atoms with Crippen molar-refractivity contribution in [2.75, 3.05) is 4.90 Å². The Labute approximate surface area is 181 Å².